The van der Waals surface area contributed by atoms with E-state index >= 15 is 0 Å². The maximum absolute atomic E-state index is 13.2. The molecule has 7 nitrogen and oxygen atoms in total. The van der Waals surface area contributed by atoms with Crippen molar-refractivity contribution in [2.45, 2.75) is 24.7 Å². The summed E-state index contributed by atoms with van der Waals surface area (Å²) >= 11 is 0. The molecule has 8 heteroatoms. The predicted octanol–water partition coefficient (Wildman–Crippen LogP) is 4.84. The molecule has 0 aliphatic carbocycles. The van der Waals surface area contributed by atoms with Crippen LogP contribution < -0.4 is 14.8 Å². The largest absolute Gasteiger partial charge is 0.496 e. The van der Waals surface area contributed by atoms with Gasteiger partial charge in [-0.2, -0.15) is 4.31 Å². The average Bonchev–Trinajstić information content (AvgIpc) is 2.86. The highest BCUT2D eigenvalue weighted by molar-refractivity contribution is 7.89. The minimum atomic E-state index is -3.70. The molecule has 1 fully saturated rings. The monoisotopic (exact) mass is 480 g/mol. The third kappa shape index (κ3) is 5.40. The number of carbonyl (C=O) groups is 1. The first kappa shape index (κ1) is 23.8. The maximum atomic E-state index is 13.2. The van der Waals surface area contributed by atoms with Crippen molar-refractivity contribution in [1.29, 1.82) is 0 Å². The molecule has 1 aliphatic heterocycles. The van der Waals surface area contributed by atoms with E-state index in [1.807, 2.05) is 30.3 Å². The zero-order chi connectivity index (χ0) is 24.1. The van der Waals surface area contributed by atoms with Gasteiger partial charge in [-0.25, -0.2) is 8.42 Å². The SMILES string of the molecule is COc1ccc(S(=O)(=O)N2CCC[C@@H](C(=O)Nc3ccc(Oc4ccccc4)cc3)C2)cc1C. The number of piperidine rings is 1. The molecule has 0 unspecified atom stereocenters. The lowest BCUT2D eigenvalue weighted by Gasteiger charge is -2.31. The molecule has 1 saturated heterocycles. The molecule has 3 aromatic carbocycles. The summed E-state index contributed by atoms with van der Waals surface area (Å²) in [5.41, 5.74) is 1.38. The van der Waals surface area contributed by atoms with Gasteiger partial charge in [0.05, 0.1) is 17.9 Å². The first-order valence-electron chi connectivity index (χ1n) is 11.2. The van der Waals surface area contributed by atoms with Crippen LogP contribution in [0, 0.1) is 12.8 Å². The number of hydrogen-bond donors (Lipinski definition) is 1. The van der Waals surface area contributed by atoms with E-state index in [1.165, 1.54) is 4.31 Å². The second kappa shape index (κ2) is 10.3. The first-order chi connectivity index (χ1) is 16.4. The van der Waals surface area contributed by atoms with Gasteiger partial charge < -0.3 is 14.8 Å². The Kier molecular flexibility index (Phi) is 7.19. The molecule has 0 radical (unpaired) electrons. The number of nitrogens with one attached hydrogen (secondary N) is 1. The zero-order valence-electron chi connectivity index (χ0n) is 19.2. The van der Waals surface area contributed by atoms with E-state index in [2.05, 4.69) is 5.32 Å². The lowest BCUT2D eigenvalue weighted by Crippen LogP contribution is -2.43. The molecule has 1 heterocycles. The van der Waals surface area contributed by atoms with Crippen molar-refractivity contribution in [3.63, 3.8) is 0 Å². The second-order valence-corrected chi connectivity index (χ2v) is 10.2. The van der Waals surface area contributed by atoms with E-state index in [-0.39, 0.29) is 17.3 Å². The molecular weight excluding hydrogens is 452 g/mol. The summed E-state index contributed by atoms with van der Waals surface area (Å²) in [6.45, 7) is 2.34. The first-order valence-corrected chi connectivity index (χ1v) is 12.6. The summed E-state index contributed by atoms with van der Waals surface area (Å²) in [5, 5.41) is 2.91. The van der Waals surface area contributed by atoms with Crippen molar-refractivity contribution in [2.24, 2.45) is 5.92 Å². The predicted molar refractivity (Wildman–Crippen MR) is 131 cm³/mol. The standard InChI is InChI=1S/C26H28N2O5S/c1-19-17-24(14-15-25(19)32-2)34(30,31)28-16-6-7-20(18-28)26(29)27-21-10-12-23(13-11-21)33-22-8-4-3-5-9-22/h3-5,8-15,17,20H,6-7,16,18H2,1-2H3,(H,27,29)/t20-/m1/s1. The van der Waals surface area contributed by atoms with Gasteiger partial charge in [-0.3, -0.25) is 4.79 Å². The number of ether oxygens (including phenoxy) is 2. The van der Waals surface area contributed by atoms with Crippen molar-refractivity contribution in [2.75, 3.05) is 25.5 Å². The zero-order valence-corrected chi connectivity index (χ0v) is 20.0. The number of nitrogens with zero attached hydrogens (tertiary/aromatic N) is 1. The number of methoxy groups -OCH3 is 1. The van der Waals surface area contributed by atoms with Crippen LogP contribution >= 0.6 is 0 Å². The summed E-state index contributed by atoms with van der Waals surface area (Å²) in [5.74, 6) is 1.41. The van der Waals surface area contributed by atoms with E-state index in [9.17, 15) is 13.2 Å². The molecule has 1 aliphatic rings. The van der Waals surface area contributed by atoms with E-state index in [0.717, 1.165) is 11.3 Å². The van der Waals surface area contributed by atoms with Gasteiger partial charge in [-0.15, -0.1) is 0 Å². The summed E-state index contributed by atoms with van der Waals surface area (Å²) in [6.07, 6.45) is 1.25. The van der Waals surface area contributed by atoms with Crippen LogP contribution in [-0.4, -0.2) is 38.8 Å². The van der Waals surface area contributed by atoms with Crippen LogP contribution in [0.15, 0.2) is 77.7 Å². The highest BCUT2D eigenvalue weighted by Crippen LogP contribution is 2.28. The molecule has 0 spiro atoms. The Balaban J connectivity index is 1.40. The van der Waals surface area contributed by atoms with Crippen LogP contribution in [0.3, 0.4) is 0 Å². The summed E-state index contributed by atoms with van der Waals surface area (Å²) in [7, 11) is -2.15. The quantitative estimate of drug-likeness (QED) is 0.523. The minimum absolute atomic E-state index is 0.147. The van der Waals surface area contributed by atoms with Gasteiger partial charge in [0.2, 0.25) is 15.9 Å². The smallest absolute Gasteiger partial charge is 0.243 e. The van der Waals surface area contributed by atoms with Crippen LogP contribution in [0.5, 0.6) is 17.2 Å². The molecule has 178 valence electrons. The number of carbonyl (C=O) groups excluding carboxylic acids is 1. The molecule has 4 rings (SSSR count). The molecule has 0 aromatic heterocycles. The van der Waals surface area contributed by atoms with Crippen molar-refractivity contribution in [1.82, 2.24) is 4.31 Å². The molecular formula is C26H28N2O5S. The molecule has 34 heavy (non-hydrogen) atoms. The van der Waals surface area contributed by atoms with Gasteiger partial charge in [0.25, 0.3) is 0 Å². The van der Waals surface area contributed by atoms with Crippen LogP contribution in [0.25, 0.3) is 0 Å². The van der Waals surface area contributed by atoms with E-state index in [0.29, 0.717) is 36.6 Å². The van der Waals surface area contributed by atoms with E-state index in [1.54, 1.807) is 56.5 Å². The van der Waals surface area contributed by atoms with Gasteiger partial charge in [0.1, 0.15) is 17.2 Å². The normalized spacial score (nSPS) is 16.6. The van der Waals surface area contributed by atoms with Gasteiger partial charge in [0.15, 0.2) is 0 Å². The highest BCUT2D eigenvalue weighted by Gasteiger charge is 2.33. The Bertz CT molecular complexity index is 1240. The van der Waals surface area contributed by atoms with E-state index in [4.69, 9.17) is 9.47 Å². The third-order valence-electron chi connectivity index (χ3n) is 5.86. The molecule has 0 bridgehead atoms. The fourth-order valence-electron chi connectivity index (χ4n) is 4.01. The Labute approximate surface area is 200 Å². The third-order valence-corrected chi connectivity index (χ3v) is 7.72. The Morgan fingerprint density at radius 3 is 2.38 bits per heavy atom. The molecule has 0 saturated carbocycles. The number of aryl methyl sites for hydroxylation is 1. The topological polar surface area (TPSA) is 84.9 Å². The lowest BCUT2D eigenvalue weighted by molar-refractivity contribution is -0.120. The van der Waals surface area contributed by atoms with Crippen LogP contribution in [0.1, 0.15) is 18.4 Å². The van der Waals surface area contributed by atoms with Gasteiger partial charge in [-0.1, -0.05) is 18.2 Å². The lowest BCUT2D eigenvalue weighted by atomic mass is 9.99. The fourth-order valence-corrected chi connectivity index (χ4v) is 5.62. The number of rotatable bonds is 7. The molecule has 1 atom stereocenters. The Hall–Kier alpha value is -3.36. The van der Waals surface area contributed by atoms with Crippen molar-refractivity contribution in [3.8, 4) is 17.2 Å². The number of hydrogen-bond acceptors (Lipinski definition) is 5. The molecule has 3 aromatic rings. The average molecular weight is 481 g/mol. The Morgan fingerprint density at radius 2 is 1.71 bits per heavy atom. The molecule has 1 N–H and O–H groups in total. The number of benzene rings is 3. The second-order valence-electron chi connectivity index (χ2n) is 8.26. The van der Waals surface area contributed by atoms with Crippen molar-refractivity contribution >= 4 is 21.6 Å². The number of sulfonamides is 1. The van der Waals surface area contributed by atoms with Crippen LogP contribution in [0.2, 0.25) is 0 Å². The van der Waals surface area contributed by atoms with Crippen LogP contribution in [-0.2, 0) is 14.8 Å². The van der Waals surface area contributed by atoms with Gasteiger partial charge in [0, 0.05) is 18.8 Å². The fraction of sp³-hybridized carbons (Fsp3) is 0.269. The summed E-state index contributed by atoms with van der Waals surface area (Å²) in [4.78, 5) is 13.1. The van der Waals surface area contributed by atoms with Crippen molar-refractivity contribution in [3.05, 3.63) is 78.4 Å². The number of anilines is 1. The summed E-state index contributed by atoms with van der Waals surface area (Å²) < 4.78 is 38.8. The van der Waals surface area contributed by atoms with Crippen molar-refractivity contribution < 1.29 is 22.7 Å². The minimum Gasteiger partial charge on any atom is -0.496 e. The Morgan fingerprint density at radius 1 is 1.00 bits per heavy atom. The number of amides is 1. The van der Waals surface area contributed by atoms with E-state index < -0.39 is 15.9 Å². The molecule has 1 amide bonds. The highest BCUT2D eigenvalue weighted by atomic mass is 32.2. The van der Waals surface area contributed by atoms with Gasteiger partial charge in [-0.05, 0) is 79.9 Å². The van der Waals surface area contributed by atoms with Crippen LogP contribution in [0.4, 0.5) is 5.69 Å². The number of para-hydroxylation sites is 1. The maximum Gasteiger partial charge on any atom is 0.243 e. The summed E-state index contributed by atoms with van der Waals surface area (Å²) in [6, 6.07) is 21.4. The van der Waals surface area contributed by atoms with Gasteiger partial charge >= 0.3 is 0 Å².